The Morgan fingerprint density at radius 1 is 1.33 bits per heavy atom. The van der Waals surface area contributed by atoms with Gasteiger partial charge in [-0.2, -0.15) is 15.0 Å². The van der Waals surface area contributed by atoms with Crippen molar-refractivity contribution in [3.8, 4) is 0 Å². The monoisotopic (exact) mass is 204 g/mol. The number of fused-ring (bicyclic) bond motifs is 1. The Labute approximate surface area is 87.3 Å². The first kappa shape index (κ1) is 9.64. The van der Waals surface area contributed by atoms with Crippen molar-refractivity contribution in [2.75, 3.05) is 13.6 Å². The quantitative estimate of drug-likeness (QED) is 0.682. The second-order valence-corrected chi connectivity index (χ2v) is 3.37. The van der Waals surface area contributed by atoms with Gasteiger partial charge in [0.25, 0.3) is 0 Å². The van der Waals surface area contributed by atoms with Gasteiger partial charge in [-0.15, -0.1) is 0 Å². The Hall–Kier alpha value is -1.91. The third kappa shape index (κ3) is 2.12. The summed E-state index contributed by atoms with van der Waals surface area (Å²) in [4.78, 5) is 13.6. The van der Waals surface area contributed by atoms with E-state index in [9.17, 15) is 4.79 Å². The summed E-state index contributed by atoms with van der Waals surface area (Å²) in [6, 6.07) is 7.70. The lowest BCUT2D eigenvalue weighted by Gasteiger charge is -2.08. The fourth-order valence-electron chi connectivity index (χ4n) is 1.30. The molecule has 2 rings (SSSR count). The van der Waals surface area contributed by atoms with Crippen LogP contribution in [-0.4, -0.2) is 39.9 Å². The Bertz CT molecular complexity index is 432. The molecular weight excluding hydrogens is 192 g/mol. The molecule has 1 amide bonds. The van der Waals surface area contributed by atoms with Gasteiger partial charge in [0.05, 0.1) is 6.54 Å². The molecule has 2 aromatic rings. The Kier molecular flexibility index (Phi) is 2.62. The molecule has 1 heterocycles. The second kappa shape index (κ2) is 4.08. The zero-order chi connectivity index (χ0) is 10.7. The zero-order valence-electron chi connectivity index (χ0n) is 8.50. The number of nitrogens with zero attached hydrogens (tertiary/aromatic N) is 4. The van der Waals surface area contributed by atoms with Crippen molar-refractivity contribution in [1.29, 1.82) is 0 Å². The van der Waals surface area contributed by atoms with Gasteiger partial charge in [-0.3, -0.25) is 4.79 Å². The Morgan fingerprint density at radius 2 is 1.93 bits per heavy atom. The number of likely N-dealkylation sites (N-methyl/N-ethyl adjacent to an activating group) is 1. The van der Waals surface area contributed by atoms with E-state index in [1.54, 1.807) is 16.7 Å². The molecular formula is C10H12N4O. The third-order valence-electron chi connectivity index (χ3n) is 2.16. The van der Waals surface area contributed by atoms with E-state index in [-0.39, 0.29) is 0 Å². The van der Waals surface area contributed by atoms with Crippen molar-refractivity contribution in [3.63, 3.8) is 0 Å². The zero-order valence-corrected chi connectivity index (χ0v) is 8.50. The first-order valence-electron chi connectivity index (χ1n) is 4.75. The van der Waals surface area contributed by atoms with Crippen LogP contribution in [0.4, 0.5) is 0 Å². The molecule has 0 saturated carbocycles. The average Bonchev–Trinajstić information content (AvgIpc) is 2.68. The molecule has 0 N–H and O–H groups in total. The summed E-state index contributed by atoms with van der Waals surface area (Å²) >= 11 is 0. The van der Waals surface area contributed by atoms with Crippen molar-refractivity contribution >= 4 is 17.4 Å². The van der Waals surface area contributed by atoms with Gasteiger partial charge in [-0.25, -0.2) is 0 Å². The number of hydrogen-bond acceptors (Lipinski definition) is 3. The molecule has 0 aliphatic rings. The van der Waals surface area contributed by atoms with Gasteiger partial charge in [0.2, 0.25) is 6.41 Å². The summed E-state index contributed by atoms with van der Waals surface area (Å²) in [5, 5.41) is 8.56. The number of carbonyl (C=O) groups is 1. The predicted octanol–water partition coefficient (Wildman–Crippen LogP) is 0.519. The van der Waals surface area contributed by atoms with E-state index in [0.29, 0.717) is 13.1 Å². The maximum absolute atomic E-state index is 10.4. The molecule has 5 nitrogen and oxygen atoms in total. The van der Waals surface area contributed by atoms with Crippen LogP contribution >= 0.6 is 0 Å². The van der Waals surface area contributed by atoms with Gasteiger partial charge in [0.15, 0.2) is 0 Å². The van der Waals surface area contributed by atoms with Crippen LogP contribution in [0.5, 0.6) is 0 Å². The normalized spacial score (nSPS) is 10.5. The molecule has 1 aromatic carbocycles. The SMILES string of the molecule is CN(C=O)CCn1nc2ccccc2n1. The van der Waals surface area contributed by atoms with Crippen molar-refractivity contribution < 1.29 is 4.79 Å². The molecule has 78 valence electrons. The lowest BCUT2D eigenvalue weighted by Crippen LogP contribution is -2.22. The number of rotatable bonds is 4. The Balaban J connectivity index is 2.12. The number of hydrogen-bond donors (Lipinski definition) is 0. The van der Waals surface area contributed by atoms with Crippen molar-refractivity contribution in [2.24, 2.45) is 0 Å². The molecule has 0 unspecified atom stereocenters. The van der Waals surface area contributed by atoms with Gasteiger partial charge < -0.3 is 4.90 Å². The highest BCUT2D eigenvalue weighted by molar-refractivity contribution is 5.72. The van der Waals surface area contributed by atoms with E-state index in [1.807, 2.05) is 24.3 Å². The molecule has 0 fully saturated rings. The molecule has 0 spiro atoms. The Morgan fingerprint density at radius 3 is 2.47 bits per heavy atom. The highest BCUT2D eigenvalue weighted by Crippen LogP contribution is 2.06. The highest BCUT2D eigenvalue weighted by atomic mass is 16.1. The van der Waals surface area contributed by atoms with Gasteiger partial charge in [0, 0.05) is 13.6 Å². The summed E-state index contributed by atoms with van der Waals surface area (Å²) in [6.07, 6.45) is 0.795. The summed E-state index contributed by atoms with van der Waals surface area (Å²) in [5.74, 6) is 0. The number of aromatic nitrogens is 3. The van der Waals surface area contributed by atoms with Crippen molar-refractivity contribution in [3.05, 3.63) is 24.3 Å². The van der Waals surface area contributed by atoms with E-state index in [0.717, 1.165) is 17.4 Å². The van der Waals surface area contributed by atoms with Gasteiger partial charge in [-0.1, -0.05) is 12.1 Å². The van der Waals surface area contributed by atoms with Crippen LogP contribution in [0.3, 0.4) is 0 Å². The second-order valence-electron chi connectivity index (χ2n) is 3.37. The van der Waals surface area contributed by atoms with Crippen LogP contribution < -0.4 is 0 Å². The summed E-state index contributed by atoms with van der Waals surface area (Å²) < 4.78 is 0. The van der Waals surface area contributed by atoms with Crippen molar-refractivity contribution in [2.45, 2.75) is 6.54 Å². The maximum Gasteiger partial charge on any atom is 0.209 e. The van der Waals surface area contributed by atoms with E-state index in [1.165, 1.54) is 0 Å². The number of carbonyl (C=O) groups excluding carboxylic acids is 1. The van der Waals surface area contributed by atoms with E-state index in [4.69, 9.17) is 0 Å². The molecule has 0 saturated heterocycles. The van der Waals surface area contributed by atoms with Crippen molar-refractivity contribution in [1.82, 2.24) is 19.9 Å². The van der Waals surface area contributed by atoms with E-state index < -0.39 is 0 Å². The summed E-state index contributed by atoms with van der Waals surface area (Å²) in [7, 11) is 1.73. The van der Waals surface area contributed by atoms with Crippen LogP contribution in [0.15, 0.2) is 24.3 Å². The van der Waals surface area contributed by atoms with Gasteiger partial charge >= 0.3 is 0 Å². The smallest absolute Gasteiger partial charge is 0.209 e. The summed E-state index contributed by atoms with van der Waals surface area (Å²) in [5.41, 5.74) is 1.76. The molecule has 0 radical (unpaired) electrons. The van der Waals surface area contributed by atoms with Crippen LogP contribution in [0, 0.1) is 0 Å². The maximum atomic E-state index is 10.4. The van der Waals surface area contributed by atoms with Gasteiger partial charge in [0.1, 0.15) is 11.0 Å². The molecule has 0 atom stereocenters. The fourth-order valence-corrected chi connectivity index (χ4v) is 1.30. The van der Waals surface area contributed by atoms with Crippen LogP contribution in [0.2, 0.25) is 0 Å². The van der Waals surface area contributed by atoms with Crippen LogP contribution in [0.1, 0.15) is 0 Å². The lowest BCUT2D eigenvalue weighted by atomic mass is 10.3. The molecule has 0 aliphatic heterocycles. The molecule has 0 aliphatic carbocycles. The minimum atomic E-state index is 0.615. The number of amides is 1. The minimum absolute atomic E-state index is 0.615. The first-order chi connectivity index (χ1) is 7.29. The largest absolute Gasteiger partial charge is 0.346 e. The molecule has 5 heteroatoms. The molecule has 15 heavy (non-hydrogen) atoms. The topological polar surface area (TPSA) is 51.0 Å². The molecule has 1 aromatic heterocycles. The molecule has 0 bridgehead atoms. The highest BCUT2D eigenvalue weighted by Gasteiger charge is 2.01. The average molecular weight is 204 g/mol. The summed E-state index contributed by atoms with van der Waals surface area (Å²) in [6.45, 7) is 1.23. The van der Waals surface area contributed by atoms with E-state index in [2.05, 4.69) is 10.2 Å². The minimum Gasteiger partial charge on any atom is -0.346 e. The fraction of sp³-hybridized carbons (Fsp3) is 0.300. The van der Waals surface area contributed by atoms with Gasteiger partial charge in [-0.05, 0) is 12.1 Å². The van der Waals surface area contributed by atoms with E-state index >= 15 is 0 Å². The predicted molar refractivity (Wildman–Crippen MR) is 56.2 cm³/mol. The first-order valence-corrected chi connectivity index (χ1v) is 4.75. The standard InChI is InChI=1S/C10H12N4O/c1-13(8-15)6-7-14-11-9-4-2-3-5-10(9)12-14/h2-5,8H,6-7H2,1H3. The van der Waals surface area contributed by atoms with Crippen LogP contribution in [0.25, 0.3) is 11.0 Å². The lowest BCUT2D eigenvalue weighted by molar-refractivity contribution is -0.117. The number of benzene rings is 1. The third-order valence-corrected chi connectivity index (χ3v) is 2.16. The van der Waals surface area contributed by atoms with Crippen LogP contribution in [-0.2, 0) is 11.3 Å².